The van der Waals surface area contributed by atoms with Gasteiger partial charge in [-0.25, -0.2) is 9.59 Å². The van der Waals surface area contributed by atoms with Crippen molar-refractivity contribution in [2.75, 3.05) is 13.2 Å². The van der Waals surface area contributed by atoms with Crippen LogP contribution in [-0.2, 0) is 29.2 Å². The highest BCUT2D eigenvalue weighted by molar-refractivity contribution is 7.53. The third-order valence-electron chi connectivity index (χ3n) is 6.82. The van der Waals surface area contributed by atoms with E-state index >= 15 is 0 Å². The Balaban J connectivity index is 1.39. The van der Waals surface area contributed by atoms with Crippen molar-refractivity contribution >= 4 is 30.3 Å². The van der Waals surface area contributed by atoms with Gasteiger partial charge in [0.2, 0.25) is 12.6 Å². The number of fused-ring (bicyclic) bond motifs is 3. The van der Waals surface area contributed by atoms with Crippen LogP contribution in [0.15, 0.2) is 78.9 Å². The molecule has 2 atom stereocenters. The lowest BCUT2D eigenvalue weighted by atomic mass is 10.1. The van der Waals surface area contributed by atoms with Crippen molar-refractivity contribution in [3.63, 3.8) is 0 Å². The molecule has 0 fully saturated rings. The van der Waals surface area contributed by atoms with Gasteiger partial charge in [-0.1, -0.05) is 66.7 Å². The van der Waals surface area contributed by atoms with Crippen molar-refractivity contribution in [3.8, 4) is 11.5 Å². The molecule has 6 rings (SSSR count). The van der Waals surface area contributed by atoms with Crippen molar-refractivity contribution in [2.24, 2.45) is 0 Å². The SMILES string of the molecule is CCOc1cccc2c1C(=O)OC2OP(=O)(Cc1cccc2ccccc12)OC1OC(=O)c2c(OCC)cccc21. The molecule has 2 aliphatic rings. The van der Waals surface area contributed by atoms with E-state index in [2.05, 4.69) is 0 Å². The third-order valence-corrected chi connectivity index (χ3v) is 8.57. The van der Waals surface area contributed by atoms with Gasteiger partial charge in [-0.3, -0.25) is 13.6 Å². The summed E-state index contributed by atoms with van der Waals surface area (Å²) in [4.78, 5) is 25.7. The van der Waals surface area contributed by atoms with Gasteiger partial charge in [-0.15, -0.1) is 0 Å². The average Bonchev–Trinajstić information content (AvgIpc) is 3.45. The fourth-order valence-corrected chi connectivity index (χ4v) is 6.89. The molecule has 41 heavy (non-hydrogen) atoms. The molecular formula is C31H27O9P. The molecule has 0 amide bonds. The van der Waals surface area contributed by atoms with Crippen molar-refractivity contribution in [2.45, 2.75) is 32.6 Å². The number of ether oxygens (including phenoxy) is 4. The fourth-order valence-electron chi connectivity index (χ4n) is 5.10. The number of esters is 2. The first kappa shape index (κ1) is 27.0. The summed E-state index contributed by atoms with van der Waals surface area (Å²) in [6.45, 7) is 4.29. The molecule has 0 saturated carbocycles. The Kier molecular flexibility index (Phi) is 7.26. The van der Waals surface area contributed by atoms with E-state index in [9.17, 15) is 14.2 Å². The van der Waals surface area contributed by atoms with Crippen molar-refractivity contribution in [1.82, 2.24) is 0 Å². The van der Waals surface area contributed by atoms with Crippen LogP contribution in [0.5, 0.6) is 11.5 Å². The van der Waals surface area contributed by atoms with Crippen LogP contribution >= 0.6 is 7.60 Å². The number of benzene rings is 4. The molecule has 0 aromatic heterocycles. The summed E-state index contributed by atoms with van der Waals surface area (Å²) >= 11 is 0. The number of cyclic esters (lactones) is 2. The van der Waals surface area contributed by atoms with E-state index in [1.54, 1.807) is 50.2 Å². The summed E-state index contributed by atoms with van der Waals surface area (Å²) in [5.41, 5.74) is 1.83. The average molecular weight is 575 g/mol. The lowest BCUT2D eigenvalue weighted by Gasteiger charge is -2.25. The van der Waals surface area contributed by atoms with Crippen LogP contribution in [-0.4, -0.2) is 25.2 Å². The predicted octanol–water partition coefficient (Wildman–Crippen LogP) is 7.10. The van der Waals surface area contributed by atoms with Crippen LogP contribution in [0.1, 0.15) is 63.8 Å². The van der Waals surface area contributed by atoms with Crippen LogP contribution in [0, 0.1) is 0 Å². The zero-order chi connectivity index (χ0) is 28.6. The molecule has 2 unspecified atom stereocenters. The molecule has 0 saturated heterocycles. The molecule has 0 N–H and O–H groups in total. The number of carbonyl (C=O) groups excluding carboxylic acids is 2. The second-order valence-corrected chi connectivity index (χ2v) is 11.4. The quantitative estimate of drug-likeness (QED) is 0.145. The van der Waals surface area contributed by atoms with Crippen LogP contribution in [0.3, 0.4) is 0 Å². The van der Waals surface area contributed by atoms with Gasteiger partial charge in [-0.2, -0.15) is 0 Å². The van der Waals surface area contributed by atoms with Crippen LogP contribution < -0.4 is 9.47 Å². The minimum absolute atomic E-state index is 0.183. The maximum Gasteiger partial charge on any atom is 0.345 e. The molecule has 9 nitrogen and oxygen atoms in total. The minimum atomic E-state index is -4.21. The van der Waals surface area contributed by atoms with Crippen molar-refractivity contribution in [1.29, 1.82) is 0 Å². The Hall–Kier alpha value is -4.17. The maximum atomic E-state index is 14.7. The summed E-state index contributed by atoms with van der Waals surface area (Å²) in [7, 11) is -4.21. The second-order valence-electron chi connectivity index (χ2n) is 9.40. The lowest BCUT2D eigenvalue weighted by molar-refractivity contribution is -0.0758. The van der Waals surface area contributed by atoms with Gasteiger partial charge >= 0.3 is 19.5 Å². The topological polar surface area (TPSA) is 107 Å². The lowest BCUT2D eigenvalue weighted by Crippen LogP contribution is -2.10. The van der Waals surface area contributed by atoms with Crippen LogP contribution in [0.25, 0.3) is 10.8 Å². The molecule has 10 heteroatoms. The monoisotopic (exact) mass is 574 g/mol. The normalized spacial score (nSPS) is 18.8. The number of hydrogen-bond acceptors (Lipinski definition) is 9. The molecule has 0 bridgehead atoms. The minimum Gasteiger partial charge on any atom is -0.493 e. The Morgan fingerprint density at radius 2 is 1.20 bits per heavy atom. The Bertz CT molecular complexity index is 1610. The Morgan fingerprint density at radius 1 is 0.683 bits per heavy atom. The van der Waals surface area contributed by atoms with Gasteiger partial charge < -0.3 is 18.9 Å². The largest absolute Gasteiger partial charge is 0.493 e. The molecule has 2 heterocycles. The third kappa shape index (κ3) is 5.08. The fraction of sp³-hybridized carbons (Fsp3) is 0.226. The molecule has 4 aromatic rings. The van der Waals surface area contributed by atoms with E-state index in [1.807, 2.05) is 42.5 Å². The first-order valence-corrected chi connectivity index (χ1v) is 15.0. The highest BCUT2D eigenvalue weighted by Crippen LogP contribution is 2.61. The van der Waals surface area contributed by atoms with Crippen LogP contribution in [0.4, 0.5) is 0 Å². The smallest absolute Gasteiger partial charge is 0.345 e. The summed E-state index contributed by atoms with van der Waals surface area (Å²) in [6.07, 6.45) is -2.84. The highest BCUT2D eigenvalue weighted by Gasteiger charge is 2.45. The molecular weight excluding hydrogens is 547 g/mol. The summed E-state index contributed by atoms with van der Waals surface area (Å²) in [5.74, 6) is -0.643. The maximum absolute atomic E-state index is 14.7. The van der Waals surface area contributed by atoms with E-state index in [0.717, 1.165) is 10.8 Å². The van der Waals surface area contributed by atoms with E-state index in [1.165, 1.54) is 0 Å². The summed E-state index contributed by atoms with van der Waals surface area (Å²) in [5, 5.41) is 1.79. The van der Waals surface area contributed by atoms with Gasteiger partial charge in [-0.05, 0) is 42.3 Å². The van der Waals surface area contributed by atoms with Gasteiger partial charge in [0, 0.05) is 11.1 Å². The summed E-state index contributed by atoms with van der Waals surface area (Å²) in [6, 6.07) is 23.3. The van der Waals surface area contributed by atoms with Crippen molar-refractivity contribution < 1.29 is 42.1 Å². The Labute approximate surface area is 236 Å². The van der Waals surface area contributed by atoms with Gasteiger partial charge in [0.25, 0.3) is 0 Å². The molecule has 0 radical (unpaired) electrons. The number of carbonyl (C=O) groups is 2. The second kappa shape index (κ2) is 11.0. The molecule has 4 aromatic carbocycles. The molecule has 210 valence electrons. The highest BCUT2D eigenvalue weighted by atomic mass is 31.2. The number of hydrogen-bond donors (Lipinski definition) is 0. The zero-order valence-corrected chi connectivity index (χ0v) is 23.3. The zero-order valence-electron chi connectivity index (χ0n) is 22.4. The predicted molar refractivity (Wildman–Crippen MR) is 149 cm³/mol. The van der Waals surface area contributed by atoms with Crippen LogP contribution in [0.2, 0.25) is 0 Å². The van der Waals surface area contributed by atoms with Gasteiger partial charge in [0.15, 0.2) is 0 Å². The first-order chi connectivity index (χ1) is 19.9. The van der Waals surface area contributed by atoms with E-state index in [4.69, 9.17) is 28.0 Å². The van der Waals surface area contributed by atoms with E-state index < -0.39 is 32.1 Å². The van der Waals surface area contributed by atoms with Crippen molar-refractivity contribution in [3.05, 3.63) is 107 Å². The molecule has 0 aliphatic carbocycles. The van der Waals surface area contributed by atoms with E-state index in [-0.39, 0.29) is 17.3 Å². The summed E-state index contributed by atoms with van der Waals surface area (Å²) < 4.78 is 49.1. The molecule has 2 aliphatic heterocycles. The Morgan fingerprint density at radius 3 is 1.76 bits per heavy atom. The standard InChI is InChI=1S/C31H27O9P/c1-3-35-24-16-8-14-22-26(24)28(32)37-30(22)39-41(34,18-20-12-7-11-19-10-5-6-13-21(19)20)40-31-23-15-9-17-25(36-4-2)27(23)29(33)38-31/h5-17,30-31H,3-4,18H2,1-2H3. The molecule has 0 spiro atoms. The van der Waals surface area contributed by atoms with Gasteiger partial charge in [0.1, 0.15) is 22.6 Å². The first-order valence-electron chi connectivity index (χ1n) is 13.3. The van der Waals surface area contributed by atoms with Gasteiger partial charge in [0.05, 0.1) is 19.4 Å². The number of rotatable bonds is 10. The van der Waals surface area contributed by atoms with E-state index in [0.29, 0.717) is 41.4 Å².